The summed E-state index contributed by atoms with van der Waals surface area (Å²) in [6.07, 6.45) is 2.45. The number of hydrogen-bond acceptors (Lipinski definition) is 6. The minimum atomic E-state index is -0.195. The number of nitrogens with one attached hydrogen (secondary N) is 1. The largest absolute Gasteiger partial charge is 0.504 e. The Morgan fingerprint density at radius 1 is 1.29 bits per heavy atom. The molecule has 1 fully saturated rings. The van der Waals surface area contributed by atoms with E-state index in [0.29, 0.717) is 45.3 Å². The van der Waals surface area contributed by atoms with Gasteiger partial charge in [0.25, 0.3) is 5.91 Å². The number of rotatable bonds is 8. The van der Waals surface area contributed by atoms with Crippen molar-refractivity contribution in [2.75, 3.05) is 18.5 Å². The zero-order valence-electron chi connectivity index (χ0n) is 16.8. The van der Waals surface area contributed by atoms with Gasteiger partial charge in [-0.1, -0.05) is 41.6 Å². The molecule has 0 saturated carbocycles. The summed E-state index contributed by atoms with van der Waals surface area (Å²) < 4.78 is 5.84. The smallest absolute Gasteiger partial charge is 0.266 e. The van der Waals surface area contributed by atoms with Gasteiger partial charge in [-0.3, -0.25) is 14.5 Å². The Morgan fingerprint density at radius 3 is 2.74 bits per heavy atom. The predicted molar refractivity (Wildman–Crippen MR) is 128 cm³/mol. The Morgan fingerprint density at radius 2 is 2.03 bits per heavy atom. The Balaban J connectivity index is 1.56. The van der Waals surface area contributed by atoms with Gasteiger partial charge in [-0.25, -0.2) is 0 Å². The van der Waals surface area contributed by atoms with E-state index < -0.39 is 0 Å². The van der Waals surface area contributed by atoms with Crippen LogP contribution in [-0.4, -0.2) is 39.3 Å². The van der Waals surface area contributed by atoms with Crippen LogP contribution in [0.2, 0.25) is 5.02 Å². The molecule has 0 bridgehead atoms. The maximum absolute atomic E-state index is 12.8. The van der Waals surface area contributed by atoms with E-state index in [4.69, 9.17) is 28.6 Å². The number of aromatic hydroxyl groups is 1. The van der Waals surface area contributed by atoms with Crippen LogP contribution in [0.15, 0.2) is 47.4 Å². The zero-order valence-corrected chi connectivity index (χ0v) is 19.1. The third-order valence-corrected chi connectivity index (χ3v) is 6.00. The van der Waals surface area contributed by atoms with Gasteiger partial charge in [-0.2, -0.15) is 0 Å². The first kappa shape index (κ1) is 23.1. The molecule has 1 heterocycles. The molecule has 1 aliphatic rings. The number of thioether (sulfide) groups is 1. The van der Waals surface area contributed by atoms with Crippen LogP contribution < -0.4 is 10.1 Å². The van der Waals surface area contributed by atoms with Gasteiger partial charge in [0, 0.05) is 23.7 Å². The van der Waals surface area contributed by atoms with Crippen molar-refractivity contribution in [3.05, 3.63) is 58.0 Å². The molecule has 0 spiro atoms. The summed E-state index contributed by atoms with van der Waals surface area (Å²) in [7, 11) is 0. The Labute approximate surface area is 195 Å². The number of hydrogen-bond donors (Lipinski definition) is 2. The highest BCUT2D eigenvalue weighted by Crippen LogP contribution is 2.34. The number of halogens is 1. The maximum Gasteiger partial charge on any atom is 0.266 e. The summed E-state index contributed by atoms with van der Waals surface area (Å²) in [5.41, 5.74) is 1.40. The fourth-order valence-electron chi connectivity index (χ4n) is 2.89. The van der Waals surface area contributed by atoms with Gasteiger partial charge in [-0.15, -0.1) is 0 Å². The Kier molecular flexibility index (Phi) is 7.95. The molecule has 2 aromatic carbocycles. The highest BCUT2D eigenvalue weighted by molar-refractivity contribution is 8.26. The number of carbonyl (C=O) groups excluding carboxylic acids is 2. The second kappa shape index (κ2) is 10.7. The second-order valence-electron chi connectivity index (χ2n) is 6.65. The first-order chi connectivity index (χ1) is 14.9. The standard InChI is InChI=1S/C22H21ClN2O4S2/c1-2-29-18-12-14(5-10-17(18)26)13-19-21(28)25(22(30)31-19)11-3-4-20(27)24-16-8-6-15(23)7-9-16/h5-10,12-13,26H,2-4,11H2,1H3,(H,24,27)/b19-13-. The molecule has 0 radical (unpaired) electrons. The van der Waals surface area contributed by atoms with Gasteiger partial charge in [0.05, 0.1) is 11.5 Å². The molecule has 0 atom stereocenters. The predicted octanol–water partition coefficient (Wildman–Crippen LogP) is 5.06. The lowest BCUT2D eigenvalue weighted by Crippen LogP contribution is -2.29. The first-order valence-corrected chi connectivity index (χ1v) is 11.2. The SMILES string of the molecule is CCOc1cc(/C=C2\SC(=S)N(CCCC(=O)Nc3ccc(Cl)cc3)C2=O)ccc1O. The van der Waals surface area contributed by atoms with Crippen molar-refractivity contribution in [1.29, 1.82) is 0 Å². The molecule has 6 nitrogen and oxygen atoms in total. The van der Waals surface area contributed by atoms with Crippen LogP contribution in [0.3, 0.4) is 0 Å². The highest BCUT2D eigenvalue weighted by Gasteiger charge is 2.31. The van der Waals surface area contributed by atoms with Gasteiger partial charge >= 0.3 is 0 Å². The highest BCUT2D eigenvalue weighted by atomic mass is 35.5. The number of amides is 2. The average Bonchev–Trinajstić information content (AvgIpc) is 2.99. The van der Waals surface area contributed by atoms with Crippen molar-refractivity contribution < 1.29 is 19.4 Å². The van der Waals surface area contributed by atoms with Crippen LogP contribution >= 0.6 is 35.6 Å². The molecule has 9 heteroatoms. The zero-order chi connectivity index (χ0) is 22.4. The van der Waals surface area contributed by atoms with Gasteiger partial charge < -0.3 is 15.2 Å². The van der Waals surface area contributed by atoms with Crippen LogP contribution in [0.25, 0.3) is 6.08 Å². The molecule has 3 rings (SSSR count). The van der Waals surface area contributed by atoms with E-state index in [1.165, 1.54) is 22.7 Å². The minimum absolute atomic E-state index is 0.0448. The van der Waals surface area contributed by atoms with Gasteiger partial charge in [0.15, 0.2) is 11.5 Å². The van der Waals surface area contributed by atoms with E-state index in [9.17, 15) is 14.7 Å². The number of phenols is 1. The summed E-state index contributed by atoms with van der Waals surface area (Å²) in [5, 5.41) is 13.2. The summed E-state index contributed by atoms with van der Waals surface area (Å²) in [6.45, 7) is 2.60. The van der Waals surface area contributed by atoms with E-state index in [2.05, 4.69) is 5.32 Å². The van der Waals surface area contributed by atoms with Crippen molar-refractivity contribution in [2.45, 2.75) is 19.8 Å². The number of thiocarbonyl (C=S) groups is 1. The van der Waals surface area contributed by atoms with Crippen molar-refractivity contribution in [3.8, 4) is 11.5 Å². The van der Waals surface area contributed by atoms with E-state index >= 15 is 0 Å². The van der Waals surface area contributed by atoms with Gasteiger partial charge in [0.2, 0.25) is 5.91 Å². The Bertz CT molecular complexity index is 1020. The Hall–Kier alpha value is -2.55. The lowest BCUT2D eigenvalue weighted by Gasteiger charge is -2.14. The number of nitrogens with zero attached hydrogens (tertiary/aromatic N) is 1. The lowest BCUT2D eigenvalue weighted by molar-refractivity contribution is -0.122. The second-order valence-corrected chi connectivity index (χ2v) is 8.76. The number of carbonyl (C=O) groups is 2. The van der Waals surface area contributed by atoms with Gasteiger partial charge in [0.1, 0.15) is 4.32 Å². The average molecular weight is 477 g/mol. The quantitative estimate of drug-likeness (QED) is 0.409. The molecule has 0 unspecified atom stereocenters. The molecule has 1 saturated heterocycles. The fourth-order valence-corrected chi connectivity index (χ4v) is 4.32. The van der Waals surface area contributed by atoms with Crippen molar-refractivity contribution >= 4 is 63.5 Å². The number of ether oxygens (including phenoxy) is 1. The summed E-state index contributed by atoms with van der Waals surface area (Å²) in [5.74, 6) is 0.0665. The van der Waals surface area contributed by atoms with Gasteiger partial charge in [-0.05, 0) is 61.4 Å². The number of benzene rings is 2. The molecular formula is C22H21ClN2O4S2. The molecule has 0 aliphatic carbocycles. The summed E-state index contributed by atoms with van der Waals surface area (Å²) in [4.78, 5) is 26.9. The van der Waals surface area contributed by atoms with Crippen molar-refractivity contribution in [3.63, 3.8) is 0 Å². The summed E-state index contributed by atoms with van der Waals surface area (Å²) >= 11 is 12.4. The fraction of sp³-hybridized carbons (Fsp3) is 0.227. The molecule has 0 aromatic heterocycles. The van der Waals surface area contributed by atoms with Crippen LogP contribution in [0.4, 0.5) is 5.69 Å². The third-order valence-electron chi connectivity index (χ3n) is 4.37. The third kappa shape index (κ3) is 6.22. The van der Waals surface area contributed by atoms with E-state index in [-0.39, 0.29) is 24.0 Å². The molecule has 2 amide bonds. The van der Waals surface area contributed by atoms with Crippen molar-refractivity contribution in [2.24, 2.45) is 0 Å². The number of phenolic OH excluding ortho intramolecular Hbond substituents is 1. The lowest BCUT2D eigenvalue weighted by atomic mass is 10.2. The van der Waals surface area contributed by atoms with Crippen LogP contribution in [0, 0.1) is 0 Å². The molecular weight excluding hydrogens is 456 g/mol. The van der Waals surface area contributed by atoms with Crippen LogP contribution in [0.1, 0.15) is 25.3 Å². The molecule has 2 aromatic rings. The minimum Gasteiger partial charge on any atom is -0.504 e. The normalized spacial score (nSPS) is 14.9. The number of anilines is 1. The van der Waals surface area contributed by atoms with Crippen LogP contribution in [0.5, 0.6) is 11.5 Å². The van der Waals surface area contributed by atoms with E-state index in [0.717, 1.165) is 5.56 Å². The van der Waals surface area contributed by atoms with Crippen molar-refractivity contribution in [1.82, 2.24) is 4.90 Å². The molecule has 1 aliphatic heterocycles. The maximum atomic E-state index is 12.8. The monoisotopic (exact) mass is 476 g/mol. The topological polar surface area (TPSA) is 78.9 Å². The van der Waals surface area contributed by atoms with E-state index in [1.807, 2.05) is 6.92 Å². The van der Waals surface area contributed by atoms with Crippen LogP contribution in [-0.2, 0) is 9.59 Å². The summed E-state index contributed by atoms with van der Waals surface area (Å²) in [6, 6.07) is 11.8. The molecule has 2 N–H and O–H groups in total. The molecule has 31 heavy (non-hydrogen) atoms. The molecule has 162 valence electrons. The first-order valence-electron chi connectivity index (χ1n) is 9.64. The van der Waals surface area contributed by atoms with E-state index in [1.54, 1.807) is 42.5 Å².